The zero-order valence-corrected chi connectivity index (χ0v) is 8.88. The Labute approximate surface area is 76.6 Å². The second kappa shape index (κ2) is 6.44. The van der Waals surface area contributed by atoms with E-state index >= 15 is 0 Å². The van der Waals surface area contributed by atoms with Gasteiger partial charge in [0.1, 0.15) is 0 Å². The Bertz CT molecular complexity index is 104. The number of rotatable bonds is 6. The fourth-order valence-electron chi connectivity index (χ4n) is 1.30. The highest BCUT2D eigenvalue weighted by atomic mass is 16.3. The monoisotopic (exact) mass is 173 g/mol. The highest BCUT2D eigenvalue weighted by molar-refractivity contribution is 4.65. The summed E-state index contributed by atoms with van der Waals surface area (Å²) in [6.07, 6.45) is 3.19. The van der Waals surface area contributed by atoms with Crippen LogP contribution in [0, 0.1) is 0 Å². The minimum absolute atomic E-state index is 0.177. The van der Waals surface area contributed by atoms with E-state index in [2.05, 4.69) is 25.8 Å². The van der Waals surface area contributed by atoms with Crippen molar-refractivity contribution in [3.05, 3.63) is 0 Å². The van der Waals surface area contributed by atoms with Gasteiger partial charge in [0.05, 0.1) is 6.10 Å². The summed E-state index contributed by atoms with van der Waals surface area (Å²) in [5.74, 6) is 0. The predicted molar refractivity (Wildman–Crippen MR) is 53.3 cm³/mol. The number of unbranched alkanes of at least 4 members (excludes halogenated alkanes) is 1. The van der Waals surface area contributed by atoms with Crippen LogP contribution in [0.25, 0.3) is 0 Å². The molecule has 0 amide bonds. The van der Waals surface area contributed by atoms with E-state index < -0.39 is 0 Å². The topological polar surface area (TPSA) is 23.5 Å². The van der Waals surface area contributed by atoms with Gasteiger partial charge < -0.3 is 10.0 Å². The zero-order valence-electron chi connectivity index (χ0n) is 8.88. The van der Waals surface area contributed by atoms with Crippen molar-refractivity contribution in [1.29, 1.82) is 0 Å². The van der Waals surface area contributed by atoms with Crippen molar-refractivity contribution in [3.8, 4) is 0 Å². The third-order valence-electron chi connectivity index (χ3n) is 2.30. The molecule has 0 aromatic rings. The van der Waals surface area contributed by atoms with Crippen LogP contribution in [-0.4, -0.2) is 35.7 Å². The highest BCUT2D eigenvalue weighted by Crippen LogP contribution is 2.05. The van der Waals surface area contributed by atoms with E-state index in [1.165, 1.54) is 12.8 Å². The summed E-state index contributed by atoms with van der Waals surface area (Å²) in [7, 11) is 2.13. The Balaban J connectivity index is 3.53. The van der Waals surface area contributed by atoms with Crippen LogP contribution in [0.5, 0.6) is 0 Å². The lowest BCUT2D eigenvalue weighted by Crippen LogP contribution is -2.32. The first kappa shape index (κ1) is 11.9. The number of aliphatic hydroxyl groups excluding tert-OH is 1. The van der Waals surface area contributed by atoms with Crippen LogP contribution in [0.2, 0.25) is 0 Å². The van der Waals surface area contributed by atoms with Gasteiger partial charge in [-0.1, -0.05) is 13.3 Å². The van der Waals surface area contributed by atoms with Crippen molar-refractivity contribution in [2.24, 2.45) is 0 Å². The van der Waals surface area contributed by atoms with Crippen molar-refractivity contribution < 1.29 is 5.11 Å². The average Bonchev–Trinajstić information content (AvgIpc) is 1.98. The summed E-state index contributed by atoms with van der Waals surface area (Å²) in [4.78, 5) is 2.32. The van der Waals surface area contributed by atoms with Crippen molar-refractivity contribution in [1.82, 2.24) is 4.90 Å². The average molecular weight is 173 g/mol. The van der Waals surface area contributed by atoms with Crippen LogP contribution in [-0.2, 0) is 0 Å². The van der Waals surface area contributed by atoms with Gasteiger partial charge in [0.25, 0.3) is 0 Å². The second-order valence-corrected chi connectivity index (χ2v) is 3.77. The van der Waals surface area contributed by atoms with Crippen LogP contribution in [0.1, 0.15) is 40.0 Å². The van der Waals surface area contributed by atoms with Gasteiger partial charge in [-0.15, -0.1) is 0 Å². The van der Waals surface area contributed by atoms with Gasteiger partial charge in [-0.05, 0) is 40.3 Å². The maximum Gasteiger partial charge on any atom is 0.0526 e. The van der Waals surface area contributed by atoms with Crippen LogP contribution >= 0.6 is 0 Å². The molecule has 2 unspecified atom stereocenters. The molecule has 2 atom stereocenters. The Kier molecular flexibility index (Phi) is 6.39. The van der Waals surface area contributed by atoms with Gasteiger partial charge in [0, 0.05) is 6.04 Å². The second-order valence-electron chi connectivity index (χ2n) is 3.77. The fourth-order valence-corrected chi connectivity index (χ4v) is 1.30. The van der Waals surface area contributed by atoms with Gasteiger partial charge >= 0.3 is 0 Å². The Morgan fingerprint density at radius 1 is 1.33 bits per heavy atom. The third-order valence-corrected chi connectivity index (χ3v) is 2.30. The van der Waals surface area contributed by atoms with Crippen molar-refractivity contribution in [2.45, 2.75) is 52.2 Å². The SMILES string of the molecule is CCCCN(C)C(C)CC(C)O. The molecule has 0 aliphatic rings. The summed E-state index contributed by atoms with van der Waals surface area (Å²) in [6.45, 7) is 7.37. The largest absolute Gasteiger partial charge is 0.393 e. The van der Waals surface area contributed by atoms with E-state index in [-0.39, 0.29) is 6.10 Å². The van der Waals surface area contributed by atoms with Gasteiger partial charge in [-0.25, -0.2) is 0 Å². The minimum atomic E-state index is -0.177. The summed E-state index contributed by atoms with van der Waals surface area (Å²) in [5.41, 5.74) is 0. The van der Waals surface area contributed by atoms with Crippen molar-refractivity contribution in [2.75, 3.05) is 13.6 Å². The Morgan fingerprint density at radius 2 is 1.92 bits per heavy atom. The molecule has 2 nitrogen and oxygen atoms in total. The molecule has 1 N–H and O–H groups in total. The molecule has 0 aliphatic heterocycles. The third kappa shape index (κ3) is 5.56. The molecule has 0 rings (SSSR count). The molecule has 0 fully saturated rings. The summed E-state index contributed by atoms with van der Waals surface area (Å²) in [6, 6.07) is 0.497. The van der Waals surface area contributed by atoms with Gasteiger partial charge in [0.2, 0.25) is 0 Å². The standard InChI is InChI=1S/C10H23NO/c1-5-6-7-11(4)9(2)8-10(3)12/h9-10,12H,5-8H2,1-4H3. The van der Waals surface area contributed by atoms with E-state index in [1.807, 2.05) is 6.92 Å². The van der Waals surface area contributed by atoms with Gasteiger partial charge in [-0.3, -0.25) is 0 Å². The maximum atomic E-state index is 9.17. The van der Waals surface area contributed by atoms with Crippen LogP contribution < -0.4 is 0 Å². The molecule has 0 saturated carbocycles. The molecular weight excluding hydrogens is 150 g/mol. The number of hydrogen-bond acceptors (Lipinski definition) is 2. The Hall–Kier alpha value is -0.0800. The fraction of sp³-hybridized carbons (Fsp3) is 1.00. The lowest BCUT2D eigenvalue weighted by Gasteiger charge is -2.25. The molecule has 0 bridgehead atoms. The van der Waals surface area contributed by atoms with Crippen LogP contribution in [0.15, 0.2) is 0 Å². The van der Waals surface area contributed by atoms with Crippen molar-refractivity contribution >= 4 is 0 Å². The predicted octanol–water partition coefficient (Wildman–Crippen LogP) is 1.88. The van der Waals surface area contributed by atoms with Gasteiger partial charge in [-0.2, -0.15) is 0 Å². The highest BCUT2D eigenvalue weighted by Gasteiger charge is 2.10. The molecule has 74 valence electrons. The number of aliphatic hydroxyl groups is 1. The molecule has 0 aromatic carbocycles. The zero-order chi connectivity index (χ0) is 9.56. The van der Waals surface area contributed by atoms with E-state index in [1.54, 1.807) is 0 Å². The molecule has 2 heteroatoms. The molecule has 0 saturated heterocycles. The maximum absolute atomic E-state index is 9.17. The van der Waals surface area contributed by atoms with E-state index in [0.29, 0.717) is 6.04 Å². The first-order valence-electron chi connectivity index (χ1n) is 4.96. The normalized spacial score (nSPS) is 16.5. The first-order chi connectivity index (χ1) is 5.57. The smallest absolute Gasteiger partial charge is 0.0526 e. The molecule has 0 aromatic heterocycles. The van der Waals surface area contributed by atoms with Crippen LogP contribution in [0.4, 0.5) is 0 Å². The minimum Gasteiger partial charge on any atom is -0.393 e. The first-order valence-corrected chi connectivity index (χ1v) is 4.96. The molecular formula is C10H23NO. The molecule has 0 radical (unpaired) electrons. The van der Waals surface area contributed by atoms with Crippen molar-refractivity contribution in [3.63, 3.8) is 0 Å². The molecule has 0 aliphatic carbocycles. The number of hydrogen-bond donors (Lipinski definition) is 1. The van der Waals surface area contributed by atoms with E-state index in [0.717, 1.165) is 13.0 Å². The lowest BCUT2D eigenvalue weighted by atomic mass is 10.1. The molecule has 0 heterocycles. The van der Waals surface area contributed by atoms with Crippen LogP contribution in [0.3, 0.4) is 0 Å². The lowest BCUT2D eigenvalue weighted by molar-refractivity contribution is 0.133. The van der Waals surface area contributed by atoms with E-state index in [9.17, 15) is 5.11 Å². The molecule has 12 heavy (non-hydrogen) atoms. The summed E-state index contributed by atoms with van der Waals surface area (Å²) >= 11 is 0. The quantitative estimate of drug-likeness (QED) is 0.663. The molecule has 0 spiro atoms. The summed E-state index contributed by atoms with van der Waals surface area (Å²) in [5, 5.41) is 9.17. The Morgan fingerprint density at radius 3 is 2.33 bits per heavy atom. The number of nitrogens with zero attached hydrogens (tertiary/aromatic N) is 1. The van der Waals surface area contributed by atoms with E-state index in [4.69, 9.17) is 0 Å². The summed E-state index contributed by atoms with van der Waals surface area (Å²) < 4.78 is 0. The van der Waals surface area contributed by atoms with Gasteiger partial charge in [0.15, 0.2) is 0 Å².